The Morgan fingerprint density at radius 1 is 1.18 bits per heavy atom. The predicted molar refractivity (Wildman–Crippen MR) is 88.9 cm³/mol. The number of Topliss-reactive ketones (excluding diaryl/α,β-unsaturated/α-hetero) is 1. The van der Waals surface area contributed by atoms with Gasteiger partial charge in [0.25, 0.3) is 0 Å². The van der Waals surface area contributed by atoms with Crippen LogP contribution in [-0.4, -0.2) is 10.8 Å². The minimum Gasteiger partial charge on any atom is -0.294 e. The summed E-state index contributed by atoms with van der Waals surface area (Å²) in [6.07, 6.45) is 1.83. The van der Waals surface area contributed by atoms with Gasteiger partial charge < -0.3 is 0 Å². The molecule has 0 spiro atoms. The van der Waals surface area contributed by atoms with Crippen LogP contribution < -0.4 is 0 Å². The normalized spacial score (nSPS) is 10.9. The Balaban J connectivity index is 1.92. The van der Waals surface area contributed by atoms with Crippen LogP contribution >= 0.6 is 27.5 Å². The first kappa shape index (κ1) is 15.1. The number of aromatic nitrogens is 1. The van der Waals surface area contributed by atoms with Crippen molar-refractivity contribution in [3.63, 3.8) is 0 Å². The molecule has 3 rings (SSSR count). The van der Waals surface area contributed by atoms with Crippen molar-refractivity contribution in [2.45, 2.75) is 6.42 Å². The molecule has 0 unspecified atom stereocenters. The largest absolute Gasteiger partial charge is 0.294 e. The minimum absolute atomic E-state index is 0.0139. The number of pyridine rings is 1. The monoisotopic (exact) mass is 377 g/mol. The summed E-state index contributed by atoms with van der Waals surface area (Å²) in [5, 5.41) is 1.27. The summed E-state index contributed by atoms with van der Waals surface area (Å²) in [5.74, 6) is -0.859. The Hall–Kier alpha value is -1.78. The molecule has 1 heterocycles. The summed E-state index contributed by atoms with van der Waals surface area (Å²) in [4.78, 5) is 16.5. The van der Waals surface area contributed by atoms with Crippen LogP contribution in [0.1, 0.15) is 15.9 Å². The van der Waals surface area contributed by atoms with Crippen molar-refractivity contribution in [1.29, 1.82) is 0 Å². The minimum atomic E-state index is -0.556. The molecular weight excluding hydrogens is 369 g/mol. The van der Waals surface area contributed by atoms with Gasteiger partial charge in [0, 0.05) is 27.5 Å². The van der Waals surface area contributed by atoms with E-state index in [0.29, 0.717) is 5.02 Å². The van der Waals surface area contributed by atoms with E-state index in [1.807, 2.05) is 24.3 Å². The van der Waals surface area contributed by atoms with Crippen LogP contribution in [0.25, 0.3) is 10.9 Å². The molecule has 22 heavy (non-hydrogen) atoms. The van der Waals surface area contributed by atoms with Crippen LogP contribution in [0.3, 0.4) is 0 Å². The molecule has 1 aromatic heterocycles. The van der Waals surface area contributed by atoms with Gasteiger partial charge in [-0.3, -0.25) is 9.78 Å². The first-order valence-electron chi connectivity index (χ1n) is 6.55. The summed E-state index contributed by atoms with van der Waals surface area (Å²) < 4.78 is 14.6. The molecule has 0 aliphatic rings. The van der Waals surface area contributed by atoms with Crippen LogP contribution in [0.4, 0.5) is 4.39 Å². The highest BCUT2D eigenvalue weighted by atomic mass is 79.9. The zero-order valence-corrected chi connectivity index (χ0v) is 13.7. The topological polar surface area (TPSA) is 30.0 Å². The van der Waals surface area contributed by atoms with E-state index in [1.165, 1.54) is 18.2 Å². The van der Waals surface area contributed by atoms with Crippen LogP contribution in [0.2, 0.25) is 5.02 Å². The van der Waals surface area contributed by atoms with Crippen LogP contribution in [0.15, 0.2) is 53.1 Å². The van der Waals surface area contributed by atoms with E-state index in [9.17, 15) is 9.18 Å². The average molecular weight is 379 g/mol. The first-order valence-corrected chi connectivity index (χ1v) is 7.72. The fourth-order valence-corrected chi connectivity index (χ4v) is 2.78. The predicted octanol–water partition coefficient (Wildman–Crippen LogP) is 5.22. The molecule has 0 saturated carbocycles. The second-order valence-corrected chi connectivity index (χ2v) is 6.26. The van der Waals surface area contributed by atoms with E-state index in [0.717, 1.165) is 20.9 Å². The number of benzene rings is 2. The number of carbonyl (C=O) groups is 1. The molecule has 0 fully saturated rings. The number of hydrogen-bond donors (Lipinski definition) is 0. The number of rotatable bonds is 3. The Morgan fingerprint density at radius 3 is 2.82 bits per heavy atom. The molecule has 0 saturated heterocycles. The SMILES string of the molecule is O=C(Cc1ccc2ncc(Br)cc2c1)c1cc(Cl)ccc1F. The van der Waals surface area contributed by atoms with Crippen LogP contribution in [-0.2, 0) is 6.42 Å². The van der Waals surface area contributed by atoms with E-state index in [2.05, 4.69) is 20.9 Å². The Morgan fingerprint density at radius 2 is 2.00 bits per heavy atom. The van der Waals surface area contributed by atoms with E-state index in [4.69, 9.17) is 11.6 Å². The smallest absolute Gasteiger partial charge is 0.170 e. The molecule has 0 aliphatic heterocycles. The van der Waals surface area contributed by atoms with Gasteiger partial charge in [-0.25, -0.2) is 4.39 Å². The number of fused-ring (bicyclic) bond motifs is 1. The highest BCUT2D eigenvalue weighted by Gasteiger charge is 2.13. The van der Waals surface area contributed by atoms with Gasteiger partial charge in [-0.15, -0.1) is 0 Å². The Bertz CT molecular complexity index is 882. The third-order valence-corrected chi connectivity index (χ3v) is 3.97. The van der Waals surface area contributed by atoms with E-state index < -0.39 is 5.82 Å². The molecule has 0 bridgehead atoms. The van der Waals surface area contributed by atoms with E-state index in [-0.39, 0.29) is 17.8 Å². The van der Waals surface area contributed by atoms with Crippen molar-refractivity contribution < 1.29 is 9.18 Å². The lowest BCUT2D eigenvalue weighted by Gasteiger charge is -2.05. The average Bonchev–Trinajstić information content (AvgIpc) is 2.49. The molecule has 0 atom stereocenters. The van der Waals surface area contributed by atoms with Gasteiger partial charge in [0.05, 0.1) is 11.1 Å². The highest BCUT2D eigenvalue weighted by molar-refractivity contribution is 9.10. The summed E-state index contributed by atoms with van der Waals surface area (Å²) in [7, 11) is 0. The van der Waals surface area contributed by atoms with Crippen molar-refractivity contribution in [2.24, 2.45) is 0 Å². The van der Waals surface area contributed by atoms with Crippen molar-refractivity contribution in [3.05, 3.63) is 75.1 Å². The molecule has 5 heteroatoms. The molecule has 0 radical (unpaired) electrons. The number of nitrogens with zero attached hydrogens (tertiary/aromatic N) is 1. The molecular formula is C17H10BrClFNO. The molecule has 2 aromatic carbocycles. The maximum absolute atomic E-state index is 13.7. The zero-order valence-electron chi connectivity index (χ0n) is 11.3. The number of hydrogen-bond acceptors (Lipinski definition) is 2. The van der Waals surface area contributed by atoms with Gasteiger partial charge in [-0.05, 0) is 57.9 Å². The molecule has 110 valence electrons. The van der Waals surface area contributed by atoms with Gasteiger partial charge in [0.1, 0.15) is 5.82 Å². The second kappa shape index (κ2) is 6.15. The van der Waals surface area contributed by atoms with E-state index >= 15 is 0 Å². The fraction of sp³-hybridized carbons (Fsp3) is 0.0588. The lowest BCUT2D eigenvalue weighted by molar-refractivity contribution is 0.0989. The molecule has 2 nitrogen and oxygen atoms in total. The van der Waals surface area contributed by atoms with Crippen molar-refractivity contribution >= 4 is 44.2 Å². The first-order chi connectivity index (χ1) is 10.5. The lowest BCUT2D eigenvalue weighted by atomic mass is 10.0. The third kappa shape index (κ3) is 3.18. The molecule has 0 aliphatic carbocycles. The Labute approximate surface area is 140 Å². The standard InChI is InChI=1S/C17H10BrClFNO/c18-12-7-11-5-10(1-4-16(11)21-9-12)6-17(22)14-8-13(19)2-3-15(14)20/h1-5,7-9H,6H2. The lowest BCUT2D eigenvalue weighted by Crippen LogP contribution is -2.06. The highest BCUT2D eigenvalue weighted by Crippen LogP contribution is 2.21. The van der Waals surface area contributed by atoms with Crippen molar-refractivity contribution in [2.75, 3.05) is 0 Å². The number of ketones is 1. The maximum Gasteiger partial charge on any atom is 0.170 e. The van der Waals surface area contributed by atoms with Gasteiger partial charge in [-0.1, -0.05) is 17.7 Å². The third-order valence-electron chi connectivity index (χ3n) is 3.31. The van der Waals surface area contributed by atoms with Crippen molar-refractivity contribution in [1.82, 2.24) is 4.98 Å². The summed E-state index contributed by atoms with van der Waals surface area (Å²) in [6.45, 7) is 0. The zero-order chi connectivity index (χ0) is 15.7. The van der Waals surface area contributed by atoms with Crippen LogP contribution in [0.5, 0.6) is 0 Å². The molecule has 0 amide bonds. The van der Waals surface area contributed by atoms with Gasteiger partial charge in [-0.2, -0.15) is 0 Å². The van der Waals surface area contributed by atoms with Gasteiger partial charge in [0.2, 0.25) is 0 Å². The van der Waals surface area contributed by atoms with Gasteiger partial charge in [0.15, 0.2) is 5.78 Å². The molecule has 3 aromatic rings. The number of carbonyl (C=O) groups excluding carboxylic acids is 1. The number of halogens is 3. The summed E-state index contributed by atoms with van der Waals surface area (Å²) >= 11 is 9.20. The van der Waals surface area contributed by atoms with Crippen LogP contribution in [0, 0.1) is 5.82 Å². The fourth-order valence-electron chi connectivity index (χ4n) is 2.26. The van der Waals surface area contributed by atoms with Gasteiger partial charge >= 0.3 is 0 Å². The molecule has 0 N–H and O–H groups in total. The van der Waals surface area contributed by atoms with E-state index in [1.54, 1.807) is 6.20 Å². The second-order valence-electron chi connectivity index (χ2n) is 4.90. The maximum atomic E-state index is 13.7. The quantitative estimate of drug-likeness (QED) is 0.585. The Kier molecular flexibility index (Phi) is 4.23. The van der Waals surface area contributed by atoms with Crippen molar-refractivity contribution in [3.8, 4) is 0 Å². The summed E-state index contributed by atoms with van der Waals surface area (Å²) in [5.41, 5.74) is 1.66. The summed E-state index contributed by atoms with van der Waals surface area (Å²) in [6, 6.07) is 11.5.